The Balaban J connectivity index is 4.07. The van der Waals surface area contributed by atoms with E-state index in [1.54, 1.807) is 0 Å². The predicted molar refractivity (Wildman–Crippen MR) is 37.2 cm³/mol. The standard InChI is InChI=1S/C6H12O6/c7-1-3(9)5(11)6(12)4(10)2-8/h1,3-6,8-12H,2H2/t3-,4-,5-,6-/m1/s1/i1+2. The van der Waals surface area contributed by atoms with Crippen molar-refractivity contribution in [3.63, 3.8) is 0 Å². The summed E-state index contributed by atoms with van der Waals surface area (Å²) in [4.78, 5) is 9.90. The van der Waals surface area contributed by atoms with Gasteiger partial charge in [-0.2, -0.15) is 0 Å². The van der Waals surface area contributed by atoms with Gasteiger partial charge in [0.15, 0.2) is 6.29 Å². The Morgan fingerprint density at radius 2 is 1.58 bits per heavy atom. The quantitative estimate of drug-likeness (QED) is 0.283. The maximum atomic E-state index is 9.90. The van der Waals surface area contributed by atoms with E-state index in [1.807, 2.05) is 0 Å². The molecule has 0 radical (unpaired) electrons. The summed E-state index contributed by atoms with van der Waals surface area (Å²) in [7, 11) is 0. The van der Waals surface area contributed by atoms with Crippen LogP contribution in [0.3, 0.4) is 0 Å². The van der Waals surface area contributed by atoms with E-state index in [9.17, 15) is 4.79 Å². The molecule has 0 aromatic heterocycles. The fourth-order valence-corrected chi connectivity index (χ4v) is 0.618. The number of carbonyl (C=O) groups excluding carboxylic acids is 1. The second-order valence-electron chi connectivity index (χ2n) is 2.36. The summed E-state index contributed by atoms with van der Waals surface area (Å²) in [5, 5.41) is 43.5. The summed E-state index contributed by atoms with van der Waals surface area (Å²) in [5.74, 6) is 0. The summed E-state index contributed by atoms with van der Waals surface area (Å²) in [5.41, 5.74) is 0. The first-order valence-corrected chi connectivity index (χ1v) is 3.33. The molecule has 0 aromatic rings. The lowest BCUT2D eigenvalue weighted by atomic mass is 10.1. The van der Waals surface area contributed by atoms with Crippen LogP contribution in [0.25, 0.3) is 0 Å². The highest BCUT2D eigenvalue weighted by Crippen LogP contribution is 2.02. The lowest BCUT2D eigenvalue weighted by molar-refractivity contribution is -0.136. The third kappa shape index (κ3) is 2.84. The van der Waals surface area contributed by atoms with E-state index in [-0.39, 0.29) is 6.29 Å². The van der Waals surface area contributed by atoms with Crippen molar-refractivity contribution in [2.45, 2.75) is 24.4 Å². The largest absolute Gasteiger partial charge is 0.394 e. The van der Waals surface area contributed by atoms with Gasteiger partial charge in [0.25, 0.3) is 0 Å². The molecule has 4 atom stereocenters. The van der Waals surface area contributed by atoms with Crippen LogP contribution in [0.5, 0.6) is 0 Å². The zero-order chi connectivity index (χ0) is 9.72. The number of aliphatic hydroxyl groups is 5. The molecule has 6 heteroatoms. The normalized spacial score (nSPS) is 21.1. The molecule has 0 rings (SSSR count). The highest BCUT2D eigenvalue weighted by atomic mass is 16.4. The van der Waals surface area contributed by atoms with Crippen LogP contribution in [0.2, 0.25) is 0 Å². The lowest BCUT2D eigenvalue weighted by Crippen LogP contribution is -2.46. The zero-order valence-electron chi connectivity index (χ0n) is 6.24. The highest BCUT2D eigenvalue weighted by Gasteiger charge is 2.29. The predicted octanol–water partition coefficient (Wildman–Crippen LogP) is -3.38. The third-order valence-corrected chi connectivity index (χ3v) is 1.42. The Morgan fingerprint density at radius 3 is 1.92 bits per heavy atom. The van der Waals surface area contributed by atoms with E-state index in [0.29, 0.717) is 0 Å². The van der Waals surface area contributed by atoms with Crippen molar-refractivity contribution in [3.8, 4) is 0 Å². The molecule has 0 fully saturated rings. The van der Waals surface area contributed by atoms with Crippen LogP contribution in [0.1, 0.15) is 0 Å². The van der Waals surface area contributed by atoms with E-state index < -0.39 is 31.0 Å². The van der Waals surface area contributed by atoms with E-state index >= 15 is 0 Å². The second kappa shape index (κ2) is 5.18. The van der Waals surface area contributed by atoms with Crippen molar-refractivity contribution < 1.29 is 30.3 Å². The maximum absolute atomic E-state index is 9.90. The van der Waals surface area contributed by atoms with Crippen molar-refractivity contribution in [3.05, 3.63) is 0 Å². The molecule has 6 nitrogen and oxygen atoms in total. The molecule has 0 heterocycles. The van der Waals surface area contributed by atoms with Crippen LogP contribution >= 0.6 is 0 Å². The molecule has 0 spiro atoms. The monoisotopic (exact) mass is 182 g/mol. The first-order chi connectivity index (χ1) is 5.54. The lowest BCUT2D eigenvalue weighted by Gasteiger charge is -2.22. The van der Waals surface area contributed by atoms with Gasteiger partial charge in [-0.25, -0.2) is 0 Å². The molecular weight excluding hydrogens is 170 g/mol. The molecule has 0 unspecified atom stereocenters. The average Bonchev–Trinajstić information content (AvgIpc) is 2.12. The molecule has 0 aliphatic carbocycles. The van der Waals surface area contributed by atoms with Crippen molar-refractivity contribution >= 4 is 6.29 Å². The summed E-state index contributed by atoms with van der Waals surface area (Å²) < 4.78 is 0. The van der Waals surface area contributed by atoms with Crippen LogP contribution in [0, 0.1) is 0 Å². The van der Waals surface area contributed by atoms with E-state index in [2.05, 4.69) is 0 Å². The van der Waals surface area contributed by atoms with E-state index in [1.165, 1.54) is 0 Å². The molecule has 0 aliphatic rings. The molecule has 0 saturated heterocycles. The molecule has 0 aromatic carbocycles. The van der Waals surface area contributed by atoms with Gasteiger partial charge < -0.3 is 30.3 Å². The molecule has 0 saturated carbocycles. The van der Waals surface area contributed by atoms with Crippen molar-refractivity contribution in [1.29, 1.82) is 0 Å². The Hall–Kier alpha value is -0.530. The van der Waals surface area contributed by atoms with Crippen molar-refractivity contribution in [2.75, 3.05) is 6.61 Å². The van der Waals surface area contributed by atoms with Gasteiger partial charge in [0.1, 0.15) is 24.4 Å². The number of carbonyl (C=O) groups is 1. The Morgan fingerprint density at radius 1 is 1.08 bits per heavy atom. The van der Waals surface area contributed by atoms with Crippen LogP contribution in [0.4, 0.5) is 0 Å². The van der Waals surface area contributed by atoms with Gasteiger partial charge in [-0.05, 0) is 0 Å². The first kappa shape index (κ1) is 11.5. The van der Waals surface area contributed by atoms with Gasteiger partial charge in [-0.1, -0.05) is 0 Å². The molecule has 5 N–H and O–H groups in total. The summed E-state index contributed by atoms with van der Waals surface area (Å²) >= 11 is 0. The number of hydrogen-bond donors (Lipinski definition) is 5. The van der Waals surface area contributed by atoms with Crippen LogP contribution in [0.15, 0.2) is 0 Å². The topological polar surface area (TPSA) is 118 Å². The van der Waals surface area contributed by atoms with Gasteiger partial charge in [0.05, 0.1) is 6.61 Å². The molecule has 0 amide bonds. The number of aliphatic hydroxyl groups excluding tert-OH is 5. The van der Waals surface area contributed by atoms with E-state index in [4.69, 9.17) is 25.5 Å². The number of hydrogen-bond acceptors (Lipinski definition) is 6. The van der Waals surface area contributed by atoms with Crippen molar-refractivity contribution in [2.24, 2.45) is 0 Å². The zero-order valence-corrected chi connectivity index (χ0v) is 6.24. The minimum atomic E-state index is -1.79. The van der Waals surface area contributed by atoms with Crippen LogP contribution in [-0.2, 0) is 4.79 Å². The third-order valence-electron chi connectivity index (χ3n) is 1.42. The van der Waals surface area contributed by atoms with Crippen LogP contribution < -0.4 is 0 Å². The molecule has 12 heavy (non-hydrogen) atoms. The molecule has 0 bridgehead atoms. The van der Waals surface area contributed by atoms with Gasteiger partial charge in [0, 0.05) is 0 Å². The summed E-state index contributed by atoms with van der Waals surface area (Å²) in [6.45, 7) is -0.760. The minimum absolute atomic E-state index is 0.0258. The molecule has 72 valence electrons. The summed E-state index contributed by atoms with van der Waals surface area (Å²) in [6, 6.07) is 0. The fourth-order valence-electron chi connectivity index (χ4n) is 0.618. The number of rotatable bonds is 5. The summed E-state index contributed by atoms with van der Waals surface area (Å²) in [6.07, 6.45) is -6.84. The van der Waals surface area contributed by atoms with Crippen LogP contribution in [-0.4, -0.2) is 62.8 Å². The fraction of sp³-hybridized carbons (Fsp3) is 0.833. The maximum Gasteiger partial charge on any atom is 0.151 e. The van der Waals surface area contributed by atoms with Crippen molar-refractivity contribution in [1.82, 2.24) is 0 Å². The Kier molecular flexibility index (Phi) is 4.95. The Bertz CT molecular complexity index is 138. The van der Waals surface area contributed by atoms with Gasteiger partial charge in [0.2, 0.25) is 0 Å². The van der Waals surface area contributed by atoms with E-state index in [0.717, 1.165) is 0 Å². The highest BCUT2D eigenvalue weighted by molar-refractivity contribution is 5.56. The second-order valence-corrected chi connectivity index (χ2v) is 2.36. The first-order valence-electron chi connectivity index (χ1n) is 3.33. The van der Waals surface area contributed by atoms with Gasteiger partial charge in [-0.15, -0.1) is 0 Å². The minimum Gasteiger partial charge on any atom is -0.394 e. The SMILES string of the molecule is O=[14CH][C@@H](O)[C@@H](O)[C@H](O)[C@H](O)CO. The average molecular weight is 182 g/mol. The number of aldehydes is 1. The van der Waals surface area contributed by atoms with Gasteiger partial charge in [-0.3, -0.25) is 0 Å². The Labute approximate surface area is 68.7 Å². The smallest absolute Gasteiger partial charge is 0.151 e. The molecule has 0 aliphatic heterocycles. The van der Waals surface area contributed by atoms with Gasteiger partial charge >= 0.3 is 0 Å². The molecular formula is C6H12O6.